The summed E-state index contributed by atoms with van der Waals surface area (Å²) in [5.74, 6) is 7.08. The Hall–Kier alpha value is -0.480. The van der Waals surface area contributed by atoms with Gasteiger partial charge in [-0.15, -0.1) is 12.3 Å². The molecule has 0 amide bonds. The van der Waals surface area contributed by atoms with Gasteiger partial charge in [0.1, 0.15) is 0 Å². The highest BCUT2D eigenvalue weighted by Gasteiger charge is 2.66. The Balaban J connectivity index is 1.52. The molecule has 0 aromatic carbocycles. The highest BCUT2D eigenvalue weighted by molar-refractivity contribution is 5.14. The second-order valence-corrected chi connectivity index (χ2v) is 5.73. The minimum absolute atomic E-state index is 0.0447. The molecule has 3 saturated carbocycles. The monoisotopic (exact) mass is 204 g/mol. The molecule has 5 unspecified atom stereocenters. The molecule has 1 heteroatoms. The molecule has 3 rings (SSSR count). The van der Waals surface area contributed by atoms with Gasteiger partial charge in [0.05, 0.1) is 6.10 Å². The Labute approximate surface area is 92.3 Å². The normalized spacial score (nSPS) is 47.3. The number of unbranched alkanes of at least 4 members (excludes halogenated alkanes) is 1. The predicted molar refractivity (Wildman–Crippen MR) is 60.0 cm³/mol. The van der Waals surface area contributed by atoms with Crippen LogP contribution in [0.2, 0.25) is 0 Å². The lowest BCUT2D eigenvalue weighted by Crippen LogP contribution is -2.15. The van der Waals surface area contributed by atoms with Gasteiger partial charge in [0.2, 0.25) is 0 Å². The van der Waals surface area contributed by atoms with Crippen LogP contribution in [0.25, 0.3) is 0 Å². The fourth-order valence-corrected chi connectivity index (χ4v) is 4.51. The molecular formula is C14H20O. The van der Waals surface area contributed by atoms with E-state index in [2.05, 4.69) is 5.92 Å². The van der Waals surface area contributed by atoms with Crippen LogP contribution in [0.1, 0.15) is 38.5 Å². The van der Waals surface area contributed by atoms with E-state index in [9.17, 15) is 5.11 Å². The molecule has 0 radical (unpaired) electrons. The minimum Gasteiger partial charge on any atom is -0.393 e. The first-order chi connectivity index (χ1) is 7.33. The van der Waals surface area contributed by atoms with Gasteiger partial charge in [0, 0.05) is 6.42 Å². The van der Waals surface area contributed by atoms with Crippen LogP contribution in [-0.2, 0) is 0 Å². The van der Waals surface area contributed by atoms with Gasteiger partial charge in [-0.25, -0.2) is 0 Å². The fraction of sp³-hybridized carbons (Fsp3) is 0.857. The van der Waals surface area contributed by atoms with Crippen LogP contribution in [0, 0.1) is 41.9 Å². The highest BCUT2D eigenvalue weighted by atomic mass is 16.3. The van der Waals surface area contributed by atoms with Crippen molar-refractivity contribution in [2.45, 2.75) is 44.6 Å². The Kier molecular flexibility index (Phi) is 2.29. The summed E-state index contributed by atoms with van der Waals surface area (Å²) in [6, 6.07) is 0. The summed E-state index contributed by atoms with van der Waals surface area (Å²) in [5, 5.41) is 10.1. The summed E-state index contributed by atoms with van der Waals surface area (Å²) >= 11 is 0. The third-order valence-corrected chi connectivity index (χ3v) is 5.06. The Morgan fingerprint density at radius 3 is 2.53 bits per heavy atom. The van der Waals surface area contributed by atoms with Gasteiger partial charge in [-0.2, -0.15) is 0 Å². The number of hydrogen-bond donors (Lipinski definition) is 1. The van der Waals surface area contributed by atoms with Crippen molar-refractivity contribution in [2.75, 3.05) is 0 Å². The number of aliphatic hydroxyl groups excluding tert-OH is 1. The van der Waals surface area contributed by atoms with Crippen molar-refractivity contribution in [1.82, 2.24) is 0 Å². The quantitative estimate of drug-likeness (QED) is 0.551. The summed E-state index contributed by atoms with van der Waals surface area (Å²) in [5.41, 5.74) is 0. The van der Waals surface area contributed by atoms with E-state index in [1.165, 1.54) is 19.3 Å². The molecule has 3 aliphatic rings. The number of fused-ring (bicyclic) bond motifs is 5. The standard InChI is InChI=1S/C14H20O/c1-2-3-4-5-11(15)14-12-9-6-7-10(8-9)13(12)14/h1,9-15H,3-8H2. The third-order valence-electron chi connectivity index (χ3n) is 5.06. The van der Waals surface area contributed by atoms with Crippen molar-refractivity contribution in [3.63, 3.8) is 0 Å². The van der Waals surface area contributed by atoms with Crippen molar-refractivity contribution in [1.29, 1.82) is 0 Å². The summed E-state index contributed by atoms with van der Waals surface area (Å²) in [4.78, 5) is 0. The van der Waals surface area contributed by atoms with E-state index in [4.69, 9.17) is 6.42 Å². The van der Waals surface area contributed by atoms with Crippen molar-refractivity contribution in [3.8, 4) is 12.3 Å². The van der Waals surface area contributed by atoms with E-state index in [1.54, 1.807) is 0 Å². The molecule has 1 nitrogen and oxygen atoms in total. The van der Waals surface area contributed by atoms with E-state index in [1.807, 2.05) is 0 Å². The molecule has 1 N–H and O–H groups in total. The number of aliphatic hydroxyl groups is 1. The van der Waals surface area contributed by atoms with Gasteiger partial charge >= 0.3 is 0 Å². The molecule has 3 aliphatic carbocycles. The van der Waals surface area contributed by atoms with E-state index in [-0.39, 0.29) is 6.10 Å². The van der Waals surface area contributed by atoms with Crippen LogP contribution in [0.15, 0.2) is 0 Å². The van der Waals surface area contributed by atoms with Crippen LogP contribution in [0.3, 0.4) is 0 Å². The topological polar surface area (TPSA) is 20.2 Å². The third kappa shape index (κ3) is 1.42. The molecule has 5 atom stereocenters. The molecule has 0 aliphatic heterocycles. The first-order valence-corrected chi connectivity index (χ1v) is 6.44. The molecule has 82 valence electrons. The van der Waals surface area contributed by atoms with Gasteiger partial charge in [0.15, 0.2) is 0 Å². The molecule has 3 fully saturated rings. The lowest BCUT2D eigenvalue weighted by atomic mass is 9.96. The Bertz CT molecular complexity index is 274. The molecule has 2 bridgehead atoms. The van der Waals surface area contributed by atoms with E-state index < -0.39 is 0 Å². The zero-order chi connectivity index (χ0) is 10.4. The number of terminal acetylenes is 1. The van der Waals surface area contributed by atoms with E-state index >= 15 is 0 Å². The van der Waals surface area contributed by atoms with Crippen LogP contribution in [0.5, 0.6) is 0 Å². The summed E-state index contributed by atoms with van der Waals surface area (Å²) in [7, 11) is 0. The largest absolute Gasteiger partial charge is 0.393 e. The zero-order valence-corrected chi connectivity index (χ0v) is 9.23. The average Bonchev–Trinajstić information content (AvgIpc) is 2.68. The molecule has 0 spiro atoms. The minimum atomic E-state index is -0.0447. The van der Waals surface area contributed by atoms with Gasteiger partial charge in [-0.1, -0.05) is 0 Å². The van der Waals surface area contributed by atoms with Gasteiger partial charge in [-0.05, 0) is 61.7 Å². The van der Waals surface area contributed by atoms with Crippen molar-refractivity contribution < 1.29 is 5.11 Å². The highest BCUT2D eigenvalue weighted by Crippen LogP contribution is 2.70. The molecule has 15 heavy (non-hydrogen) atoms. The lowest BCUT2D eigenvalue weighted by molar-refractivity contribution is 0.118. The van der Waals surface area contributed by atoms with Crippen molar-refractivity contribution >= 4 is 0 Å². The number of hydrogen-bond acceptors (Lipinski definition) is 1. The molecule has 0 aromatic heterocycles. The maximum absolute atomic E-state index is 10.1. The van der Waals surface area contributed by atoms with Crippen LogP contribution < -0.4 is 0 Å². The molecule has 0 heterocycles. The average molecular weight is 204 g/mol. The zero-order valence-electron chi connectivity index (χ0n) is 9.23. The van der Waals surface area contributed by atoms with Gasteiger partial charge < -0.3 is 5.11 Å². The maximum Gasteiger partial charge on any atom is 0.0574 e. The van der Waals surface area contributed by atoms with Crippen molar-refractivity contribution in [2.24, 2.45) is 29.6 Å². The summed E-state index contributed by atoms with van der Waals surface area (Å²) in [6.07, 6.45) is 12.3. The van der Waals surface area contributed by atoms with Gasteiger partial charge in [-0.3, -0.25) is 0 Å². The van der Waals surface area contributed by atoms with Crippen LogP contribution in [-0.4, -0.2) is 11.2 Å². The van der Waals surface area contributed by atoms with Crippen LogP contribution >= 0.6 is 0 Å². The Morgan fingerprint density at radius 1 is 1.27 bits per heavy atom. The molecular weight excluding hydrogens is 184 g/mol. The summed E-state index contributed by atoms with van der Waals surface area (Å²) < 4.78 is 0. The second-order valence-electron chi connectivity index (χ2n) is 5.73. The Morgan fingerprint density at radius 2 is 1.93 bits per heavy atom. The predicted octanol–water partition coefficient (Wildman–Crippen LogP) is 2.44. The van der Waals surface area contributed by atoms with E-state index in [0.717, 1.165) is 42.9 Å². The van der Waals surface area contributed by atoms with Gasteiger partial charge in [0.25, 0.3) is 0 Å². The van der Waals surface area contributed by atoms with Crippen molar-refractivity contribution in [3.05, 3.63) is 0 Å². The van der Waals surface area contributed by atoms with Crippen LogP contribution in [0.4, 0.5) is 0 Å². The smallest absolute Gasteiger partial charge is 0.0574 e. The second kappa shape index (κ2) is 3.52. The fourth-order valence-electron chi connectivity index (χ4n) is 4.51. The first kappa shape index (κ1) is 9.73. The molecule has 0 saturated heterocycles. The summed E-state index contributed by atoms with van der Waals surface area (Å²) in [6.45, 7) is 0. The van der Waals surface area contributed by atoms with E-state index in [0.29, 0.717) is 5.92 Å². The first-order valence-electron chi connectivity index (χ1n) is 6.44. The SMILES string of the molecule is C#CCCCC(O)C1C2C3CCC(C3)C12. The lowest BCUT2D eigenvalue weighted by Gasteiger charge is -2.14. The number of rotatable bonds is 4. The maximum atomic E-state index is 10.1. The molecule has 0 aromatic rings.